The summed E-state index contributed by atoms with van der Waals surface area (Å²) in [7, 11) is 1.57. The van der Waals surface area contributed by atoms with Gasteiger partial charge in [0.15, 0.2) is 0 Å². The van der Waals surface area contributed by atoms with Gasteiger partial charge in [0.05, 0.1) is 18.2 Å². The highest BCUT2D eigenvalue weighted by atomic mass is 79.9. The van der Waals surface area contributed by atoms with Gasteiger partial charge in [-0.2, -0.15) is 0 Å². The molecule has 0 bridgehead atoms. The van der Waals surface area contributed by atoms with E-state index < -0.39 is 0 Å². The maximum absolute atomic E-state index is 6.26. The van der Waals surface area contributed by atoms with Gasteiger partial charge < -0.3 is 10.5 Å². The van der Waals surface area contributed by atoms with Gasteiger partial charge in [0.1, 0.15) is 5.75 Å². The van der Waals surface area contributed by atoms with Crippen LogP contribution in [0.3, 0.4) is 0 Å². The van der Waals surface area contributed by atoms with E-state index in [2.05, 4.69) is 15.9 Å². The Balaban J connectivity index is 2.43. The second-order valence-electron chi connectivity index (χ2n) is 4.04. The molecule has 0 spiro atoms. The molecule has 0 aliphatic rings. The van der Waals surface area contributed by atoms with Crippen LogP contribution in [0.2, 0.25) is 10.0 Å². The van der Waals surface area contributed by atoms with Crippen LogP contribution in [0.5, 0.6) is 5.75 Å². The number of ether oxygens (including phenoxy) is 1. The molecule has 19 heavy (non-hydrogen) atoms. The smallest absolute Gasteiger partial charge is 0.137 e. The molecule has 2 rings (SSSR count). The van der Waals surface area contributed by atoms with Crippen molar-refractivity contribution in [1.82, 2.24) is 0 Å². The minimum absolute atomic E-state index is 0.337. The highest BCUT2D eigenvalue weighted by Crippen LogP contribution is 2.33. The number of halogens is 3. The predicted octanol–water partition coefficient (Wildman–Crippen LogP) is 4.81. The Morgan fingerprint density at radius 1 is 1.11 bits per heavy atom. The van der Waals surface area contributed by atoms with Crippen LogP contribution in [0.15, 0.2) is 40.9 Å². The third kappa shape index (κ3) is 3.23. The van der Waals surface area contributed by atoms with E-state index in [1.807, 2.05) is 30.3 Å². The van der Waals surface area contributed by atoms with E-state index >= 15 is 0 Å². The number of rotatable bonds is 3. The lowest BCUT2D eigenvalue weighted by atomic mass is 9.99. The average molecular weight is 361 g/mol. The molecule has 2 N–H and O–H groups in total. The van der Waals surface area contributed by atoms with Crippen molar-refractivity contribution in [3.8, 4) is 5.75 Å². The zero-order chi connectivity index (χ0) is 14.0. The molecule has 100 valence electrons. The molecule has 0 amide bonds. The highest BCUT2D eigenvalue weighted by Gasteiger charge is 2.14. The third-order valence-corrected chi connectivity index (χ3v) is 3.98. The summed E-state index contributed by atoms with van der Waals surface area (Å²) in [6, 6.07) is 10.7. The van der Waals surface area contributed by atoms with Crippen LogP contribution in [0.4, 0.5) is 0 Å². The molecule has 2 aromatic carbocycles. The summed E-state index contributed by atoms with van der Waals surface area (Å²) < 4.78 is 6.13. The summed E-state index contributed by atoms with van der Waals surface area (Å²) in [5.41, 5.74) is 7.99. The molecule has 2 nitrogen and oxygen atoms in total. The first-order chi connectivity index (χ1) is 9.02. The minimum Gasteiger partial charge on any atom is -0.495 e. The van der Waals surface area contributed by atoms with E-state index in [9.17, 15) is 0 Å². The molecule has 1 unspecified atom stereocenters. The van der Waals surface area contributed by atoms with E-state index in [1.165, 1.54) is 0 Å². The fourth-order valence-electron chi connectivity index (χ4n) is 1.80. The van der Waals surface area contributed by atoms with Crippen molar-refractivity contribution in [2.24, 2.45) is 5.73 Å². The van der Waals surface area contributed by atoms with Gasteiger partial charge in [0, 0.05) is 9.50 Å². The number of nitrogens with two attached hydrogens (primary N) is 1. The van der Waals surface area contributed by atoms with Crippen molar-refractivity contribution in [2.75, 3.05) is 7.11 Å². The van der Waals surface area contributed by atoms with Gasteiger partial charge in [-0.15, -0.1) is 0 Å². The van der Waals surface area contributed by atoms with Gasteiger partial charge in [-0.3, -0.25) is 0 Å². The minimum atomic E-state index is -0.337. The molecule has 5 heteroatoms. The Bertz CT molecular complexity index is 604. The van der Waals surface area contributed by atoms with Crippen LogP contribution in [0, 0.1) is 0 Å². The Kier molecular flexibility index (Phi) is 4.74. The Labute approximate surface area is 130 Å². The Morgan fingerprint density at radius 2 is 1.79 bits per heavy atom. The van der Waals surface area contributed by atoms with Crippen molar-refractivity contribution in [2.45, 2.75) is 6.04 Å². The Morgan fingerprint density at radius 3 is 2.47 bits per heavy atom. The lowest BCUT2D eigenvalue weighted by molar-refractivity contribution is 0.414. The first-order valence-electron chi connectivity index (χ1n) is 5.57. The fraction of sp³-hybridized carbons (Fsp3) is 0.143. The zero-order valence-electron chi connectivity index (χ0n) is 10.2. The van der Waals surface area contributed by atoms with Crippen LogP contribution in [0.1, 0.15) is 17.2 Å². The molecular formula is C14H12BrCl2NO. The Hall–Kier alpha value is -0.740. The fourth-order valence-corrected chi connectivity index (χ4v) is 2.61. The highest BCUT2D eigenvalue weighted by molar-refractivity contribution is 9.10. The number of hydrogen-bond donors (Lipinski definition) is 1. The summed E-state index contributed by atoms with van der Waals surface area (Å²) in [5.74, 6) is 0.598. The van der Waals surface area contributed by atoms with Crippen molar-refractivity contribution in [3.63, 3.8) is 0 Å². The van der Waals surface area contributed by atoms with E-state index in [0.717, 1.165) is 15.6 Å². The van der Waals surface area contributed by atoms with Crippen LogP contribution >= 0.6 is 39.1 Å². The molecule has 0 radical (unpaired) electrons. The van der Waals surface area contributed by atoms with Gasteiger partial charge in [0.2, 0.25) is 0 Å². The normalized spacial score (nSPS) is 12.3. The average Bonchev–Trinajstić information content (AvgIpc) is 2.41. The first kappa shape index (κ1) is 14.7. The topological polar surface area (TPSA) is 35.2 Å². The number of benzene rings is 2. The second-order valence-corrected chi connectivity index (χ2v) is 5.77. The molecule has 1 atom stereocenters. The molecule has 0 saturated carbocycles. The molecular weight excluding hydrogens is 349 g/mol. The molecule has 2 aromatic rings. The largest absolute Gasteiger partial charge is 0.495 e. The van der Waals surface area contributed by atoms with E-state index in [1.54, 1.807) is 13.2 Å². The maximum atomic E-state index is 6.26. The molecule has 0 aromatic heterocycles. The first-order valence-corrected chi connectivity index (χ1v) is 7.11. The lowest BCUT2D eigenvalue weighted by Gasteiger charge is -2.16. The van der Waals surface area contributed by atoms with E-state index in [-0.39, 0.29) is 6.04 Å². The van der Waals surface area contributed by atoms with Crippen LogP contribution in [0.25, 0.3) is 0 Å². The predicted molar refractivity (Wildman–Crippen MR) is 83.2 cm³/mol. The van der Waals surface area contributed by atoms with Gasteiger partial charge in [0.25, 0.3) is 0 Å². The number of hydrogen-bond acceptors (Lipinski definition) is 2. The van der Waals surface area contributed by atoms with E-state index in [0.29, 0.717) is 15.8 Å². The second kappa shape index (κ2) is 6.14. The van der Waals surface area contributed by atoms with Crippen LogP contribution in [-0.2, 0) is 0 Å². The standard InChI is InChI=1S/C14H12BrCl2NO/c1-19-13-6-8(2-4-12(13)17)14(18)10-7-9(15)3-5-11(10)16/h2-7,14H,18H2,1H3. The van der Waals surface area contributed by atoms with Gasteiger partial charge >= 0.3 is 0 Å². The number of methoxy groups -OCH3 is 1. The summed E-state index contributed by atoms with van der Waals surface area (Å²) in [4.78, 5) is 0. The van der Waals surface area contributed by atoms with Gasteiger partial charge in [-0.05, 0) is 41.5 Å². The van der Waals surface area contributed by atoms with E-state index in [4.69, 9.17) is 33.7 Å². The monoisotopic (exact) mass is 359 g/mol. The zero-order valence-corrected chi connectivity index (χ0v) is 13.3. The maximum Gasteiger partial charge on any atom is 0.137 e. The summed E-state index contributed by atoms with van der Waals surface area (Å²) in [6.45, 7) is 0. The van der Waals surface area contributed by atoms with Crippen LogP contribution < -0.4 is 10.5 Å². The molecule has 0 fully saturated rings. The summed E-state index contributed by atoms with van der Waals surface area (Å²) in [6.07, 6.45) is 0. The third-order valence-electron chi connectivity index (χ3n) is 2.83. The lowest BCUT2D eigenvalue weighted by Crippen LogP contribution is -2.12. The van der Waals surface area contributed by atoms with Crippen molar-refractivity contribution >= 4 is 39.1 Å². The van der Waals surface area contributed by atoms with Crippen molar-refractivity contribution in [3.05, 3.63) is 62.0 Å². The summed E-state index contributed by atoms with van der Waals surface area (Å²) >= 11 is 15.6. The molecule has 0 saturated heterocycles. The molecule has 0 aliphatic heterocycles. The molecule has 0 aliphatic carbocycles. The van der Waals surface area contributed by atoms with Gasteiger partial charge in [-0.1, -0.05) is 45.2 Å². The van der Waals surface area contributed by atoms with Crippen molar-refractivity contribution in [1.29, 1.82) is 0 Å². The quantitative estimate of drug-likeness (QED) is 0.852. The SMILES string of the molecule is COc1cc(C(N)c2cc(Br)ccc2Cl)ccc1Cl. The molecule has 0 heterocycles. The van der Waals surface area contributed by atoms with Crippen molar-refractivity contribution < 1.29 is 4.74 Å². The van der Waals surface area contributed by atoms with Gasteiger partial charge in [-0.25, -0.2) is 0 Å². The summed E-state index contributed by atoms with van der Waals surface area (Å²) in [5, 5.41) is 1.18. The van der Waals surface area contributed by atoms with Crippen LogP contribution in [-0.4, -0.2) is 7.11 Å².